The Kier molecular flexibility index (Phi) is 5.40. The van der Waals surface area contributed by atoms with Gasteiger partial charge in [-0.15, -0.1) is 0 Å². The van der Waals surface area contributed by atoms with Gasteiger partial charge >= 0.3 is 0 Å². The molecule has 2 saturated heterocycles. The van der Waals surface area contributed by atoms with E-state index >= 15 is 0 Å². The summed E-state index contributed by atoms with van der Waals surface area (Å²) in [5.41, 5.74) is 2.61. The van der Waals surface area contributed by atoms with Gasteiger partial charge in [0.05, 0.1) is 17.3 Å². The lowest BCUT2D eigenvalue weighted by Gasteiger charge is -2.30. The van der Waals surface area contributed by atoms with Crippen LogP contribution in [0.4, 0.5) is 17.1 Å². The number of amides is 2. The molecule has 3 heterocycles. The van der Waals surface area contributed by atoms with Crippen LogP contribution >= 0.6 is 0 Å². The molecule has 0 aromatic heterocycles. The van der Waals surface area contributed by atoms with Gasteiger partial charge < -0.3 is 24.6 Å². The number of hydrogen-bond donors (Lipinski definition) is 1. The Hall–Kier alpha value is -3.22. The summed E-state index contributed by atoms with van der Waals surface area (Å²) in [5, 5.41) is 3.09. The van der Waals surface area contributed by atoms with Crippen molar-refractivity contribution in [2.45, 2.75) is 25.7 Å². The largest absolute Gasteiger partial charge is 0.486 e. The van der Waals surface area contributed by atoms with Crippen LogP contribution in [0.25, 0.3) is 0 Å². The number of carbonyl (C=O) groups is 2. The van der Waals surface area contributed by atoms with Gasteiger partial charge in [-0.05, 0) is 43.5 Å². The normalized spacial score (nSPS) is 20.6. The van der Waals surface area contributed by atoms with Crippen molar-refractivity contribution in [3.63, 3.8) is 0 Å². The van der Waals surface area contributed by atoms with E-state index in [2.05, 4.69) is 16.3 Å². The maximum atomic E-state index is 13.1. The highest BCUT2D eigenvalue weighted by Crippen LogP contribution is 2.36. The Bertz CT molecular complexity index is 987. The molecule has 0 radical (unpaired) electrons. The number of nitrogens with one attached hydrogen (secondary N) is 1. The Morgan fingerprint density at radius 1 is 0.968 bits per heavy atom. The van der Waals surface area contributed by atoms with Crippen molar-refractivity contribution < 1.29 is 19.1 Å². The van der Waals surface area contributed by atoms with Crippen LogP contribution in [-0.2, 0) is 9.59 Å². The minimum absolute atomic E-state index is 0.0545. The monoisotopic (exact) mass is 421 g/mol. The molecule has 1 atom stereocenters. The van der Waals surface area contributed by atoms with Gasteiger partial charge in [0.1, 0.15) is 13.2 Å². The van der Waals surface area contributed by atoms with Crippen molar-refractivity contribution in [3.05, 3.63) is 42.5 Å². The minimum Gasteiger partial charge on any atom is -0.486 e. The fourth-order valence-corrected chi connectivity index (χ4v) is 4.56. The zero-order valence-electron chi connectivity index (χ0n) is 17.5. The van der Waals surface area contributed by atoms with Gasteiger partial charge in [0.15, 0.2) is 11.5 Å². The van der Waals surface area contributed by atoms with Crippen LogP contribution < -0.4 is 24.6 Å². The number of anilines is 3. The van der Waals surface area contributed by atoms with Crippen LogP contribution in [0, 0.1) is 5.92 Å². The smallest absolute Gasteiger partial charge is 0.229 e. The predicted octanol–water partition coefficient (Wildman–Crippen LogP) is 3.44. The highest BCUT2D eigenvalue weighted by molar-refractivity contribution is 6.04. The molecular weight excluding hydrogens is 394 g/mol. The van der Waals surface area contributed by atoms with E-state index in [1.165, 1.54) is 19.3 Å². The van der Waals surface area contributed by atoms with E-state index in [9.17, 15) is 9.59 Å². The van der Waals surface area contributed by atoms with Crippen LogP contribution in [0.2, 0.25) is 0 Å². The number of piperidine rings is 1. The fourth-order valence-electron chi connectivity index (χ4n) is 4.56. The molecule has 0 spiro atoms. The molecule has 2 fully saturated rings. The number of fused-ring (bicyclic) bond motifs is 1. The number of benzene rings is 2. The molecule has 5 rings (SSSR count). The summed E-state index contributed by atoms with van der Waals surface area (Å²) in [6.07, 6.45) is 3.80. The van der Waals surface area contributed by atoms with Gasteiger partial charge in [0.25, 0.3) is 0 Å². The highest BCUT2D eigenvalue weighted by atomic mass is 16.6. The third-order valence-electron chi connectivity index (χ3n) is 6.19. The number of para-hydroxylation sites is 2. The van der Waals surface area contributed by atoms with Gasteiger partial charge in [-0.3, -0.25) is 9.59 Å². The molecule has 2 aromatic carbocycles. The van der Waals surface area contributed by atoms with Crippen molar-refractivity contribution in [2.75, 3.05) is 48.0 Å². The van der Waals surface area contributed by atoms with Crippen LogP contribution in [0.15, 0.2) is 42.5 Å². The first kappa shape index (κ1) is 19.7. The summed E-state index contributed by atoms with van der Waals surface area (Å²) in [7, 11) is 0. The van der Waals surface area contributed by atoms with E-state index in [1.54, 1.807) is 4.90 Å². The van der Waals surface area contributed by atoms with Crippen LogP contribution in [0.1, 0.15) is 25.7 Å². The zero-order valence-corrected chi connectivity index (χ0v) is 17.5. The summed E-state index contributed by atoms with van der Waals surface area (Å²) in [5.74, 6) is 0.763. The van der Waals surface area contributed by atoms with E-state index in [0.717, 1.165) is 30.2 Å². The number of ether oxygens (including phenoxy) is 2. The van der Waals surface area contributed by atoms with Crippen LogP contribution in [0.5, 0.6) is 11.5 Å². The number of rotatable bonds is 4. The minimum atomic E-state index is -0.393. The second-order valence-electron chi connectivity index (χ2n) is 8.29. The summed E-state index contributed by atoms with van der Waals surface area (Å²) >= 11 is 0. The van der Waals surface area contributed by atoms with E-state index < -0.39 is 5.92 Å². The average molecular weight is 421 g/mol. The third-order valence-corrected chi connectivity index (χ3v) is 6.19. The second-order valence-corrected chi connectivity index (χ2v) is 8.29. The Morgan fingerprint density at radius 3 is 2.58 bits per heavy atom. The lowest BCUT2D eigenvalue weighted by Crippen LogP contribution is -2.31. The Morgan fingerprint density at radius 2 is 1.74 bits per heavy atom. The van der Waals surface area contributed by atoms with Crippen LogP contribution in [0.3, 0.4) is 0 Å². The first-order valence-corrected chi connectivity index (χ1v) is 11.0. The van der Waals surface area contributed by atoms with E-state index in [4.69, 9.17) is 9.47 Å². The van der Waals surface area contributed by atoms with Crippen LogP contribution in [-0.4, -0.2) is 44.7 Å². The lowest BCUT2D eigenvalue weighted by atomic mass is 10.1. The molecule has 31 heavy (non-hydrogen) atoms. The number of hydrogen-bond acceptors (Lipinski definition) is 5. The first-order chi connectivity index (χ1) is 15.2. The molecule has 7 heteroatoms. The molecular formula is C24H27N3O4. The Balaban J connectivity index is 1.29. The first-order valence-electron chi connectivity index (χ1n) is 11.0. The fraction of sp³-hybridized carbons (Fsp3) is 0.417. The van der Waals surface area contributed by atoms with Crippen molar-refractivity contribution in [2.24, 2.45) is 5.92 Å². The van der Waals surface area contributed by atoms with Crippen molar-refractivity contribution >= 4 is 28.9 Å². The maximum absolute atomic E-state index is 13.1. The van der Waals surface area contributed by atoms with E-state index in [0.29, 0.717) is 31.3 Å². The summed E-state index contributed by atoms with van der Waals surface area (Å²) in [6, 6.07) is 13.4. The molecule has 3 aliphatic rings. The van der Waals surface area contributed by atoms with Crippen molar-refractivity contribution in [3.8, 4) is 11.5 Å². The summed E-state index contributed by atoms with van der Waals surface area (Å²) in [6.45, 7) is 3.39. The van der Waals surface area contributed by atoms with E-state index in [-0.39, 0.29) is 18.2 Å². The van der Waals surface area contributed by atoms with Gasteiger partial charge in [-0.1, -0.05) is 12.1 Å². The molecule has 0 aliphatic carbocycles. The summed E-state index contributed by atoms with van der Waals surface area (Å²) in [4.78, 5) is 29.7. The quantitative estimate of drug-likeness (QED) is 0.819. The maximum Gasteiger partial charge on any atom is 0.229 e. The van der Waals surface area contributed by atoms with Crippen molar-refractivity contribution in [1.82, 2.24) is 0 Å². The van der Waals surface area contributed by atoms with Gasteiger partial charge in [0.2, 0.25) is 11.8 Å². The zero-order chi connectivity index (χ0) is 21.2. The molecule has 1 N–H and O–H groups in total. The predicted molar refractivity (Wildman–Crippen MR) is 119 cm³/mol. The number of carbonyl (C=O) groups excluding carboxylic acids is 2. The van der Waals surface area contributed by atoms with Gasteiger partial charge in [0, 0.05) is 37.8 Å². The lowest BCUT2D eigenvalue weighted by molar-refractivity contribution is -0.122. The Labute approximate surface area is 181 Å². The molecule has 162 valence electrons. The van der Waals surface area contributed by atoms with Crippen molar-refractivity contribution in [1.29, 1.82) is 0 Å². The average Bonchev–Trinajstić information content (AvgIpc) is 3.21. The third kappa shape index (κ3) is 4.04. The molecule has 7 nitrogen and oxygen atoms in total. The van der Waals surface area contributed by atoms with Gasteiger partial charge in [-0.25, -0.2) is 0 Å². The molecule has 0 bridgehead atoms. The topological polar surface area (TPSA) is 71.1 Å². The highest BCUT2D eigenvalue weighted by Gasteiger charge is 2.36. The molecule has 0 saturated carbocycles. The molecule has 1 unspecified atom stereocenters. The standard InChI is InChI=1S/C24H27N3O4/c28-23-14-17(16-27(23)18-8-9-21-22(15-18)31-13-12-30-21)24(29)25-19-6-2-3-7-20(19)26-10-4-1-5-11-26/h2-3,6-9,15,17H,1,4-5,10-14,16H2,(H,25,29). The van der Waals surface area contributed by atoms with E-state index in [1.807, 2.05) is 36.4 Å². The SMILES string of the molecule is O=C(Nc1ccccc1N1CCCCC1)C1CC(=O)N(c2ccc3c(c2)OCCO3)C1. The van der Waals surface area contributed by atoms with Gasteiger partial charge in [-0.2, -0.15) is 0 Å². The number of nitrogens with zero attached hydrogens (tertiary/aromatic N) is 2. The summed E-state index contributed by atoms with van der Waals surface area (Å²) < 4.78 is 11.2. The molecule has 2 amide bonds. The molecule has 2 aromatic rings. The molecule has 3 aliphatic heterocycles. The second kappa shape index (κ2) is 8.49.